The van der Waals surface area contributed by atoms with Crippen LogP contribution in [0.2, 0.25) is 0 Å². The van der Waals surface area contributed by atoms with Crippen molar-refractivity contribution in [3.05, 3.63) is 39.2 Å². The number of nitrogens with two attached hydrogens (primary N) is 2. The fourth-order valence-corrected chi connectivity index (χ4v) is 3.55. The van der Waals surface area contributed by atoms with Gasteiger partial charge < -0.3 is 16.6 Å². The third-order valence-corrected chi connectivity index (χ3v) is 5.30. The van der Waals surface area contributed by atoms with Gasteiger partial charge in [0.25, 0.3) is 5.91 Å². The summed E-state index contributed by atoms with van der Waals surface area (Å²) in [6.45, 7) is 5.74. The molecular weight excluding hydrogens is 372 g/mol. The molecule has 0 saturated heterocycles. The van der Waals surface area contributed by atoms with Gasteiger partial charge in [-0.05, 0) is 48.3 Å². The van der Waals surface area contributed by atoms with E-state index in [1.165, 1.54) is 0 Å². The van der Waals surface area contributed by atoms with Gasteiger partial charge in [-0.25, -0.2) is 4.98 Å². The summed E-state index contributed by atoms with van der Waals surface area (Å²) in [5, 5.41) is 10.7. The first-order valence-corrected chi connectivity index (χ1v) is 8.40. The first kappa shape index (κ1) is 16.6. The topological polar surface area (TPSA) is 107 Å². The molecule has 0 spiro atoms. The number of nitrogen functional groups attached to an aromatic ring is 1. The standard InChI is InChI=1S/C17H19BrN4O2/c1-7-4-5-12(23)8(2)14(7)22-15(19)13(16(20)24)10-6-11(18)9(3)21-17(10)22/h5-7,23H,4,19H2,1-3H3,(H2,20,24). The molecule has 0 aliphatic heterocycles. The molecule has 0 bridgehead atoms. The molecule has 0 saturated carbocycles. The fourth-order valence-electron chi connectivity index (χ4n) is 3.23. The van der Waals surface area contributed by atoms with Gasteiger partial charge in [0.05, 0.1) is 11.3 Å². The summed E-state index contributed by atoms with van der Waals surface area (Å²) in [5.41, 5.74) is 15.0. The average molecular weight is 391 g/mol. The fraction of sp³-hybridized carbons (Fsp3) is 0.294. The van der Waals surface area contributed by atoms with Crippen LogP contribution in [0.1, 0.15) is 36.3 Å². The average Bonchev–Trinajstić information content (AvgIpc) is 2.77. The Morgan fingerprint density at radius 3 is 2.75 bits per heavy atom. The van der Waals surface area contributed by atoms with Gasteiger partial charge in [-0.2, -0.15) is 0 Å². The highest BCUT2D eigenvalue weighted by Gasteiger charge is 2.28. The Morgan fingerprint density at radius 2 is 2.12 bits per heavy atom. The van der Waals surface area contributed by atoms with Crippen LogP contribution in [0.15, 0.2) is 27.9 Å². The summed E-state index contributed by atoms with van der Waals surface area (Å²) in [6, 6.07) is 1.81. The third-order valence-electron chi connectivity index (χ3n) is 4.50. The maximum atomic E-state index is 12.0. The Balaban J connectivity index is 2.47. The van der Waals surface area contributed by atoms with E-state index >= 15 is 0 Å². The summed E-state index contributed by atoms with van der Waals surface area (Å²) in [4.78, 5) is 16.6. The molecule has 1 aliphatic carbocycles. The van der Waals surface area contributed by atoms with E-state index in [0.717, 1.165) is 21.4 Å². The van der Waals surface area contributed by atoms with E-state index in [4.69, 9.17) is 11.5 Å². The number of carbonyl (C=O) groups is 1. The van der Waals surface area contributed by atoms with E-state index < -0.39 is 5.91 Å². The third kappa shape index (κ3) is 2.31. The monoisotopic (exact) mass is 390 g/mol. The number of allylic oxidation sites excluding steroid dienone is 3. The lowest BCUT2D eigenvalue weighted by Crippen LogP contribution is -2.17. The Bertz CT molecular complexity index is 940. The predicted octanol–water partition coefficient (Wildman–Crippen LogP) is 3.50. The van der Waals surface area contributed by atoms with Crippen LogP contribution >= 0.6 is 15.9 Å². The van der Waals surface area contributed by atoms with Gasteiger partial charge in [0.1, 0.15) is 17.2 Å². The van der Waals surface area contributed by atoms with Crippen LogP contribution < -0.4 is 11.5 Å². The van der Waals surface area contributed by atoms with E-state index in [1.807, 2.05) is 26.8 Å². The van der Waals surface area contributed by atoms with Crippen LogP contribution in [0.25, 0.3) is 16.7 Å². The molecule has 126 valence electrons. The molecule has 2 aromatic heterocycles. The number of pyridine rings is 1. The van der Waals surface area contributed by atoms with Gasteiger partial charge in [0, 0.05) is 27.0 Å². The maximum Gasteiger partial charge on any atom is 0.253 e. The molecule has 0 aromatic carbocycles. The number of fused-ring (bicyclic) bond motifs is 1. The number of hydrogen-bond acceptors (Lipinski definition) is 4. The molecule has 2 heterocycles. The Kier molecular flexibility index (Phi) is 3.91. The molecule has 7 heteroatoms. The number of carbonyl (C=O) groups excluding carboxylic acids is 1. The summed E-state index contributed by atoms with van der Waals surface area (Å²) < 4.78 is 2.53. The molecule has 5 N–H and O–H groups in total. The van der Waals surface area contributed by atoms with Crippen LogP contribution in [0.4, 0.5) is 5.82 Å². The van der Waals surface area contributed by atoms with Crippen molar-refractivity contribution in [2.75, 3.05) is 5.73 Å². The molecular formula is C17H19BrN4O2. The van der Waals surface area contributed by atoms with E-state index in [-0.39, 0.29) is 23.1 Å². The maximum absolute atomic E-state index is 12.0. The lowest BCUT2D eigenvalue weighted by molar-refractivity contribution is 0.100. The van der Waals surface area contributed by atoms with Crippen LogP contribution in [0, 0.1) is 12.8 Å². The predicted molar refractivity (Wildman–Crippen MR) is 98.5 cm³/mol. The van der Waals surface area contributed by atoms with Gasteiger partial charge in [-0.15, -0.1) is 0 Å². The van der Waals surface area contributed by atoms with Gasteiger partial charge in [0.15, 0.2) is 0 Å². The summed E-state index contributed by atoms with van der Waals surface area (Å²) in [7, 11) is 0. The highest BCUT2D eigenvalue weighted by Crippen LogP contribution is 2.39. The zero-order valence-corrected chi connectivity index (χ0v) is 15.3. The SMILES string of the molecule is CC1=C(n2c(N)c(C(N)=O)c3cc(Br)c(C)nc32)C(C)CC=C1O. The van der Waals surface area contributed by atoms with Crippen molar-refractivity contribution in [1.29, 1.82) is 0 Å². The highest BCUT2D eigenvalue weighted by molar-refractivity contribution is 9.10. The second-order valence-electron chi connectivity index (χ2n) is 6.12. The smallest absolute Gasteiger partial charge is 0.253 e. The largest absolute Gasteiger partial charge is 0.508 e. The molecule has 1 unspecified atom stereocenters. The number of primary amides is 1. The Hall–Kier alpha value is -2.28. The number of nitrogens with zero attached hydrogens (tertiary/aromatic N) is 2. The van der Waals surface area contributed by atoms with E-state index in [9.17, 15) is 9.90 Å². The van der Waals surface area contributed by atoms with Gasteiger partial charge in [0.2, 0.25) is 0 Å². The van der Waals surface area contributed by atoms with Crippen molar-refractivity contribution in [1.82, 2.24) is 9.55 Å². The number of aliphatic hydroxyl groups excluding tert-OH is 1. The Morgan fingerprint density at radius 1 is 1.46 bits per heavy atom. The minimum Gasteiger partial charge on any atom is -0.508 e. The van der Waals surface area contributed by atoms with Crippen LogP contribution in [0.5, 0.6) is 0 Å². The molecule has 6 nitrogen and oxygen atoms in total. The highest BCUT2D eigenvalue weighted by atomic mass is 79.9. The second kappa shape index (κ2) is 5.66. The number of aliphatic hydroxyl groups is 1. The quantitative estimate of drug-likeness (QED) is 0.728. The molecule has 3 rings (SSSR count). The molecule has 1 aliphatic rings. The van der Waals surface area contributed by atoms with Crippen molar-refractivity contribution < 1.29 is 9.90 Å². The number of hydrogen-bond donors (Lipinski definition) is 3. The number of anilines is 1. The molecule has 1 atom stereocenters. The molecule has 1 amide bonds. The second-order valence-corrected chi connectivity index (χ2v) is 6.98. The summed E-state index contributed by atoms with van der Waals surface area (Å²) in [5.74, 6) is -0.0160. The number of rotatable bonds is 2. The van der Waals surface area contributed by atoms with Crippen molar-refractivity contribution >= 4 is 44.4 Å². The van der Waals surface area contributed by atoms with Gasteiger partial charge >= 0.3 is 0 Å². The van der Waals surface area contributed by atoms with E-state index in [1.54, 1.807) is 10.6 Å². The van der Waals surface area contributed by atoms with Gasteiger partial charge in [-0.3, -0.25) is 9.36 Å². The van der Waals surface area contributed by atoms with Crippen molar-refractivity contribution in [3.63, 3.8) is 0 Å². The number of amides is 1. The van der Waals surface area contributed by atoms with Gasteiger partial charge in [-0.1, -0.05) is 6.92 Å². The Labute approximate surface area is 148 Å². The normalized spacial score (nSPS) is 18.2. The lowest BCUT2D eigenvalue weighted by atomic mass is 9.93. The number of aromatic nitrogens is 2. The molecule has 24 heavy (non-hydrogen) atoms. The first-order chi connectivity index (χ1) is 11.2. The minimum absolute atomic E-state index is 0.116. The van der Waals surface area contributed by atoms with Crippen molar-refractivity contribution in [3.8, 4) is 0 Å². The molecule has 0 radical (unpaired) electrons. The number of halogens is 1. The zero-order valence-electron chi connectivity index (χ0n) is 13.7. The first-order valence-electron chi connectivity index (χ1n) is 7.61. The summed E-state index contributed by atoms with van der Waals surface area (Å²) >= 11 is 3.44. The van der Waals surface area contributed by atoms with Crippen LogP contribution in [0.3, 0.4) is 0 Å². The van der Waals surface area contributed by atoms with E-state index in [0.29, 0.717) is 17.5 Å². The summed E-state index contributed by atoms with van der Waals surface area (Å²) in [6.07, 6.45) is 2.47. The van der Waals surface area contributed by atoms with E-state index in [2.05, 4.69) is 20.9 Å². The number of aryl methyl sites for hydroxylation is 1. The lowest BCUT2D eigenvalue weighted by Gasteiger charge is -2.25. The van der Waals surface area contributed by atoms with Crippen LogP contribution in [-0.4, -0.2) is 20.6 Å². The zero-order chi connectivity index (χ0) is 17.8. The van der Waals surface area contributed by atoms with Crippen LogP contribution in [-0.2, 0) is 0 Å². The van der Waals surface area contributed by atoms with Crippen molar-refractivity contribution in [2.24, 2.45) is 11.7 Å². The molecule has 0 fully saturated rings. The minimum atomic E-state index is -0.602. The molecule has 2 aromatic rings. The van der Waals surface area contributed by atoms with Crippen molar-refractivity contribution in [2.45, 2.75) is 27.2 Å².